The molecule has 0 spiro atoms. The van der Waals surface area contributed by atoms with Crippen molar-refractivity contribution in [2.75, 3.05) is 5.75 Å². The van der Waals surface area contributed by atoms with Gasteiger partial charge < -0.3 is 0 Å². The van der Waals surface area contributed by atoms with Gasteiger partial charge in [-0.3, -0.25) is 4.79 Å². The van der Waals surface area contributed by atoms with Crippen molar-refractivity contribution >= 4 is 60.7 Å². The molecule has 0 unspecified atom stereocenters. The minimum Gasteiger partial charge on any atom is -0.298 e. The molecule has 1 aromatic carbocycles. The SMILES string of the molecule is O=C(CSc1ccccc1Br)Cc1sccc1Br. The number of Topliss-reactive ketones (excluding diaryl/α,β-unsaturated/α-hetero) is 1. The molecule has 0 fully saturated rings. The molecule has 5 heteroatoms. The first kappa shape index (κ1) is 14.3. The molecule has 0 aliphatic carbocycles. The van der Waals surface area contributed by atoms with Crippen molar-refractivity contribution in [2.45, 2.75) is 11.3 Å². The molecule has 0 bridgehead atoms. The van der Waals surface area contributed by atoms with Crippen LogP contribution in [0.2, 0.25) is 0 Å². The van der Waals surface area contributed by atoms with Gasteiger partial charge in [-0.15, -0.1) is 23.1 Å². The third kappa shape index (κ3) is 3.95. The van der Waals surface area contributed by atoms with Gasteiger partial charge in [0.1, 0.15) is 5.78 Å². The molecule has 2 rings (SSSR count). The van der Waals surface area contributed by atoms with E-state index in [4.69, 9.17) is 0 Å². The zero-order valence-electron chi connectivity index (χ0n) is 9.36. The van der Waals surface area contributed by atoms with Crippen LogP contribution in [0.15, 0.2) is 49.6 Å². The average Bonchev–Trinajstić information content (AvgIpc) is 2.74. The smallest absolute Gasteiger partial charge is 0.148 e. The van der Waals surface area contributed by atoms with Crippen LogP contribution < -0.4 is 0 Å². The summed E-state index contributed by atoms with van der Waals surface area (Å²) in [5, 5.41) is 1.99. The second-order valence-electron chi connectivity index (χ2n) is 3.63. The highest BCUT2D eigenvalue weighted by Crippen LogP contribution is 2.28. The van der Waals surface area contributed by atoms with Crippen molar-refractivity contribution in [3.05, 3.63) is 49.5 Å². The van der Waals surface area contributed by atoms with E-state index in [0.29, 0.717) is 12.2 Å². The van der Waals surface area contributed by atoms with Crippen molar-refractivity contribution in [3.8, 4) is 0 Å². The van der Waals surface area contributed by atoms with Crippen LogP contribution in [-0.4, -0.2) is 11.5 Å². The third-order valence-corrected chi connectivity index (χ3v) is 6.29. The molecule has 94 valence electrons. The number of thiophene rings is 1. The normalized spacial score (nSPS) is 10.6. The van der Waals surface area contributed by atoms with E-state index >= 15 is 0 Å². The summed E-state index contributed by atoms with van der Waals surface area (Å²) < 4.78 is 2.08. The third-order valence-electron chi connectivity index (χ3n) is 2.27. The second-order valence-corrected chi connectivity index (χ2v) is 7.35. The predicted molar refractivity (Wildman–Crippen MR) is 85.6 cm³/mol. The van der Waals surface area contributed by atoms with Crippen LogP contribution >= 0.6 is 55.0 Å². The van der Waals surface area contributed by atoms with Crippen LogP contribution in [0, 0.1) is 0 Å². The van der Waals surface area contributed by atoms with Crippen molar-refractivity contribution in [2.24, 2.45) is 0 Å². The molecule has 0 radical (unpaired) electrons. The number of ketones is 1. The highest BCUT2D eigenvalue weighted by Gasteiger charge is 2.09. The quantitative estimate of drug-likeness (QED) is 0.637. The molecule has 0 aliphatic rings. The van der Waals surface area contributed by atoms with Gasteiger partial charge in [-0.2, -0.15) is 0 Å². The van der Waals surface area contributed by atoms with Gasteiger partial charge >= 0.3 is 0 Å². The van der Waals surface area contributed by atoms with E-state index < -0.39 is 0 Å². The number of carbonyl (C=O) groups excluding carboxylic acids is 1. The molecule has 0 saturated carbocycles. The van der Waals surface area contributed by atoms with Crippen LogP contribution in [0.5, 0.6) is 0 Å². The van der Waals surface area contributed by atoms with Crippen molar-refractivity contribution in [1.82, 2.24) is 0 Å². The fourth-order valence-electron chi connectivity index (χ4n) is 1.40. The fraction of sp³-hybridized carbons (Fsp3) is 0.154. The lowest BCUT2D eigenvalue weighted by Gasteiger charge is -2.03. The van der Waals surface area contributed by atoms with Gasteiger partial charge in [0.2, 0.25) is 0 Å². The van der Waals surface area contributed by atoms with E-state index in [0.717, 1.165) is 18.7 Å². The zero-order chi connectivity index (χ0) is 13.0. The van der Waals surface area contributed by atoms with E-state index in [-0.39, 0.29) is 5.78 Å². The van der Waals surface area contributed by atoms with Crippen molar-refractivity contribution in [3.63, 3.8) is 0 Å². The minimum absolute atomic E-state index is 0.249. The predicted octanol–water partition coefficient (Wildman–Crippen LogP) is 5.18. The first-order valence-corrected chi connectivity index (χ1v) is 8.73. The highest BCUT2D eigenvalue weighted by molar-refractivity contribution is 9.10. The molecule has 0 N–H and O–H groups in total. The standard InChI is InChI=1S/C13H10Br2OS2/c14-10-3-1-2-4-12(10)18-8-9(16)7-13-11(15)5-6-17-13/h1-6H,7-8H2. The molecule has 0 saturated heterocycles. The number of hydrogen-bond donors (Lipinski definition) is 0. The molecule has 2 aromatic rings. The summed E-state index contributed by atoms with van der Waals surface area (Å²) in [5.41, 5.74) is 0. The zero-order valence-corrected chi connectivity index (χ0v) is 14.2. The Bertz CT molecular complexity index is 551. The maximum atomic E-state index is 11.9. The fourth-order valence-corrected chi connectivity index (χ4v) is 4.35. The Morgan fingerprint density at radius 3 is 2.61 bits per heavy atom. The minimum atomic E-state index is 0.249. The van der Waals surface area contributed by atoms with Crippen LogP contribution in [0.3, 0.4) is 0 Å². The van der Waals surface area contributed by atoms with Gasteiger partial charge in [0, 0.05) is 25.1 Å². The molecular formula is C13H10Br2OS2. The molecule has 18 heavy (non-hydrogen) atoms. The van der Waals surface area contributed by atoms with E-state index in [2.05, 4.69) is 31.9 Å². The van der Waals surface area contributed by atoms with E-state index in [9.17, 15) is 4.79 Å². The summed E-state index contributed by atoms with van der Waals surface area (Å²) in [6.07, 6.45) is 0.510. The Hall–Kier alpha value is -0.100. The second kappa shape index (κ2) is 6.89. The maximum Gasteiger partial charge on any atom is 0.148 e. The number of carbonyl (C=O) groups is 1. The number of halogens is 2. The maximum absolute atomic E-state index is 11.9. The molecule has 0 amide bonds. The van der Waals surface area contributed by atoms with E-state index in [1.54, 1.807) is 23.1 Å². The van der Waals surface area contributed by atoms with Gasteiger partial charge in [-0.1, -0.05) is 12.1 Å². The lowest BCUT2D eigenvalue weighted by molar-refractivity contribution is -0.115. The largest absolute Gasteiger partial charge is 0.298 e. The summed E-state index contributed by atoms with van der Waals surface area (Å²) in [6.45, 7) is 0. The first-order valence-electron chi connectivity index (χ1n) is 5.27. The molecular weight excluding hydrogens is 396 g/mol. The van der Waals surface area contributed by atoms with Crippen LogP contribution in [0.25, 0.3) is 0 Å². The Morgan fingerprint density at radius 2 is 1.94 bits per heavy atom. The van der Waals surface area contributed by atoms with Crippen LogP contribution in [0.4, 0.5) is 0 Å². The Balaban J connectivity index is 1.90. The number of rotatable bonds is 5. The Labute approximate surface area is 131 Å². The van der Waals surface area contributed by atoms with Gasteiger partial charge in [0.15, 0.2) is 0 Å². The van der Waals surface area contributed by atoms with Gasteiger partial charge in [-0.25, -0.2) is 0 Å². The summed E-state index contributed by atoms with van der Waals surface area (Å²) in [6, 6.07) is 9.94. The molecule has 0 atom stereocenters. The Morgan fingerprint density at radius 1 is 1.17 bits per heavy atom. The van der Waals surface area contributed by atoms with E-state index in [1.807, 2.05) is 35.7 Å². The van der Waals surface area contributed by atoms with Crippen molar-refractivity contribution < 1.29 is 4.79 Å². The summed E-state index contributed by atoms with van der Waals surface area (Å²) >= 11 is 10.1. The highest BCUT2D eigenvalue weighted by atomic mass is 79.9. The van der Waals surface area contributed by atoms with E-state index in [1.165, 1.54) is 0 Å². The Kier molecular flexibility index (Phi) is 5.48. The lowest BCUT2D eigenvalue weighted by atomic mass is 10.3. The molecule has 1 heterocycles. The van der Waals surface area contributed by atoms with Crippen molar-refractivity contribution in [1.29, 1.82) is 0 Å². The number of hydrogen-bond acceptors (Lipinski definition) is 3. The number of thioether (sulfide) groups is 1. The molecule has 1 nitrogen and oxygen atoms in total. The summed E-state index contributed by atoms with van der Waals surface area (Å²) in [5.74, 6) is 0.756. The topological polar surface area (TPSA) is 17.1 Å². The van der Waals surface area contributed by atoms with Crippen LogP contribution in [-0.2, 0) is 11.2 Å². The lowest BCUT2D eigenvalue weighted by Crippen LogP contribution is -2.04. The van der Waals surface area contributed by atoms with Gasteiger partial charge in [-0.05, 0) is 55.4 Å². The first-order chi connectivity index (χ1) is 8.66. The van der Waals surface area contributed by atoms with Gasteiger partial charge in [0.25, 0.3) is 0 Å². The molecule has 1 aromatic heterocycles. The average molecular weight is 406 g/mol. The summed E-state index contributed by atoms with van der Waals surface area (Å²) in [7, 11) is 0. The number of benzene rings is 1. The van der Waals surface area contributed by atoms with Gasteiger partial charge in [0.05, 0.1) is 5.75 Å². The monoisotopic (exact) mass is 404 g/mol. The molecule has 0 aliphatic heterocycles. The summed E-state index contributed by atoms with van der Waals surface area (Å²) in [4.78, 5) is 14.1. The van der Waals surface area contributed by atoms with Crippen LogP contribution in [0.1, 0.15) is 4.88 Å².